The number of carbonyl (C=O) groups excluding carboxylic acids is 1. The van der Waals surface area contributed by atoms with Crippen LogP contribution in [0.25, 0.3) is 23.2 Å². The van der Waals surface area contributed by atoms with Gasteiger partial charge in [0.05, 0.1) is 44.6 Å². The van der Waals surface area contributed by atoms with Crippen molar-refractivity contribution in [3.05, 3.63) is 113 Å². The number of aromatic nitrogens is 3. The van der Waals surface area contributed by atoms with Crippen LogP contribution in [0.4, 0.5) is 0 Å². The van der Waals surface area contributed by atoms with Crippen LogP contribution in [-0.4, -0.2) is 47.7 Å². The van der Waals surface area contributed by atoms with Crippen LogP contribution in [0, 0.1) is 6.92 Å². The van der Waals surface area contributed by atoms with Crippen molar-refractivity contribution >= 4 is 19.6 Å². The molecule has 51 heavy (non-hydrogen) atoms. The fraction of sp³-hybridized carbons (Fsp3) is 0.289. The molecule has 2 aromatic heterocycles. The van der Waals surface area contributed by atoms with Gasteiger partial charge in [0.1, 0.15) is 24.7 Å². The quantitative estimate of drug-likeness (QED) is 0.0640. The van der Waals surface area contributed by atoms with Crippen molar-refractivity contribution in [1.29, 1.82) is 0 Å². The molecule has 0 aliphatic carbocycles. The van der Waals surface area contributed by atoms with E-state index in [0.717, 1.165) is 22.4 Å². The lowest BCUT2D eigenvalue weighted by Crippen LogP contribution is -2.07. The standard InChI is InChI=1S/C38H42N3O9P/c1-6-45-36(42)23-28-14-17-30(18-15-28)37-39-33(27(4)50-37)26-46-34-19-16-29(22-35(34)44-5)25-47-38-31(20-21-51(43,48-7-2)49-8-3)24-41(40-38)32-12-10-9-11-13-32/h9-22,24H,6-8,23,25-26H2,1-5H3. The Hall–Kier alpha value is -5.16. The lowest BCUT2D eigenvalue weighted by molar-refractivity contribution is -0.142. The van der Waals surface area contributed by atoms with E-state index < -0.39 is 7.60 Å². The Morgan fingerprint density at radius 2 is 1.61 bits per heavy atom. The zero-order valence-electron chi connectivity index (χ0n) is 29.4. The smallest absolute Gasteiger partial charge is 0.354 e. The monoisotopic (exact) mass is 715 g/mol. The van der Waals surface area contributed by atoms with Gasteiger partial charge < -0.3 is 32.4 Å². The summed E-state index contributed by atoms with van der Waals surface area (Å²) in [4.78, 5) is 16.4. The topological polar surface area (TPSA) is 133 Å². The number of hydrogen-bond donors (Lipinski definition) is 0. The summed E-state index contributed by atoms with van der Waals surface area (Å²) in [6, 6.07) is 22.5. The number of oxazole rings is 1. The van der Waals surface area contributed by atoms with Gasteiger partial charge in [0, 0.05) is 17.6 Å². The van der Waals surface area contributed by atoms with Crippen LogP contribution in [0.2, 0.25) is 0 Å². The second-order valence-corrected chi connectivity index (χ2v) is 13.0. The predicted octanol–water partition coefficient (Wildman–Crippen LogP) is 8.34. The van der Waals surface area contributed by atoms with E-state index in [0.29, 0.717) is 46.9 Å². The fourth-order valence-electron chi connectivity index (χ4n) is 5.01. The maximum atomic E-state index is 13.1. The number of nitrogens with zero attached hydrogens (tertiary/aromatic N) is 3. The molecule has 0 atom stereocenters. The number of para-hydroxylation sites is 1. The molecule has 3 aromatic carbocycles. The molecule has 0 amide bonds. The van der Waals surface area contributed by atoms with E-state index in [9.17, 15) is 9.36 Å². The van der Waals surface area contributed by atoms with Crippen molar-refractivity contribution in [2.75, 3.05) is 26.9 Å². The fourth-order valence-corrected chi connectivity index (χ4v) is 6.32. The van der Waals surface area contributed by atoms with Crippen LogP contribution < -0.4 is 14.2 Å². The lowest BCUT2D eigenvalue weighted by atomic mass is 10.1. The molecule has 5 aromatic rings. The van der Waals surface area contributed by atoms with Crippen LogP contribution in [0.5, 0.6) is 17.4 Å². The van der Waals surface area contributed by atoms with E-state index in [1.807, 2.05) is 73.7 Å². The highest BCUT2D eigenvalue weighted by molar-refractivity contribution is 7.57. The van der Waals surface area contributed by atoms with E-state index >= 15 is 0 Å². The highest BCUT2D eigenvalue weighted by Gasteiger charge is 2.21. The molecule has 268 valence electrons. The Morgan fingerprint density at radius 1 is 0.882 bits per heavy atom. The SMILES string of the molecule is CCOC(=O)Cc1ccc(-c2nc(COc3ccc(COc4nn(-c5ccccc5)cc4C=CP(=O)(OCC)OCC)cc3OC)c(C)o2)cc1. The van der Waals surface area contributed by atoms with Gasteiger partial charge in [-0.1, -0.05) is 36.4 Å². The van der Waals surface area contributed by atoms with Crippen molar-refractivity contribution in [1.82, 2.24) is 14.8 Å². The molecule has 13 heteroatoms. The molecule has 0 bridgehead atoms. The first-order chi connectivity index (χ1) is 24.7. The van der Waals surface area contributed by atoms with Crippen LogP contribution in [0.15, 0.2) is 89.2 Å². The highest BCUT2D eigenvalue weighted by atomic mass is 31.2. The molecule has 0 fully saturated rings. The molecular formula is C38H42N3O9P. The minimum absolute atomic E-state index is 0.155. The van der Waals surface area contributed by atoms with Gasteiger partial charge in [0.2, 0.25) is 11.8 Å². The maximum Gasteiger partial charge on any atom is 0.354 e. The first-order valence-corrected chi connectivity index (χ1v) is 18.2. The number of hydrogen-bond acceptors (Lipinski definition) is 11. The maximum absolute atomic E-state index is 13.1. The Labute approximate surface area is 297 Å². The van der Waals surface area contributed by atoms with Crippen molar-refractivity contribution in [3.8, 4) is 34.5 Å². The van der Waals surface area contributed by atoms with Crippen molar-refractivity contribution in [3.63, 3.8) is 0 Å². The second kappa shape index (κ2) is 17.7. The van der Waals surface area contributed by atoms with Gasteiger partial charge in [-0.15, -0.1) is 5.10 Å². The first-order valence-electron chi connectivity index (χ1n) is 16.6. The third kappa shape index (κ3) is 9.97. The minimum Gasteiger partial charge on any atom is -0.493 e. The molecule has 0 saturated heterocycles. The van der Waals surface area contributed by atoms with Crippen molar-refractivity contribution in [2.45, 2.75) is 47.3 Å². The molecule has 0 spiro atoms. The number of methoxy groups -OCH3 is 1. The third-order valence-corrected chi connectivity index (χ3v) is 9.25. The van der Waals surface area contributed by atoms with Gasteiger partial charge in [0.25, 0.3) is 0 Å². The van der Waals surface area contributed by atoms with E-state index in [1.165, 1.54) is 5.82 Å². The van der Waals surface area contributed by atoms with Crippen LogP contribution in [-0.2, 0) is 42.8 Å². The third-order valence-electron chi connectivity index (χ3n) is 7.50. The molecule has 0 aliphatic rings. The molecular weight excluding hydrogens is 673 g/mol. The average molecular weight is 716 g/mol. The molecule has 0 N–H and O–H groups in total. The summed E-state index contributed by atoms with van der Waals surface area (Å²) in [6.07, 6.45) is 3.64. The van der Waals surface area contributed by atoms with Gasteiger partial charge in [-0.25, -0.2) is 9.67 Å². The Morgan fingerprint density at radius 3 is 2.29 bits per heavy atom. The van der Waals surface area contributed by atoms with Crippen LogP contribution in [0.1, 0.15) is 48.9 Å². The number of ether oxygens (including phenoxy) is 4. The van der Waals surface area contributed by atoms with E-state index in [1.54, 1.807) is 50.9 Å². The summed E-state index contributed by atoms with van der Waals surface area (Å²) in [7, 11) is -1.88. The molecule has 0 radical (unpaired) electrons. The van der Waals surface area contributed by atoms with Gasteiger partial charge in [-0.2, -0.15) is 0 Å². The minimum atomic E-state index is -3.44. The van der Waals surface area contributed by atoms with Crippen molar-refractivity contribution in [2.24, 2.45) is 0 Å². The highest BCUT2D eigenvalue weighted by Crippen LogP contribution is 2.50. The largest absolute Gasteiger partial charge is 0.493 e. The summed E-state index contributed by atoms with van der Waals surface area (Å²) in [6.45, 7) is 8.29. The van der Waals surface area contributed by atoms with Crippen LogP contribution >= 0.6 is 7.60 Å². The first kappa shape index (κ1) is 37.1. The summed E-state index contributed by atoms with van der Waals surface area (Å²) in [5, 5.41) is 4.65. The van der Waals surface area contributed by atoms with E-state index in [2.05, 4.69) is 10.1 Å². The molecule has 0 saturated carbocycles. The number of aryl methyl sites for hydroxylation is 1. The van der Waals surface area contributed by atoms with Gasteiger partial charge in [-0.3, -0.25) is 9.36 Å². The van der Waals surface area contributed by atoms with Crippen LogP contribution in [0.3, 0.4) is 0 Å². The van der Waals surface area contributed by atoms with E-state index in [4.69, 9.17) is 32.4 Å². The zero-order valence-corrected chi connectivity index (χ0v) is 30.3. The Kier molecular flexibility index (Phi) is 12.9. The van der Waals surface area contributed by atoms with E-state index in [-0.39, 0.29) is 38.8 Å². The van der Waals surface area contributed by atoms with Gasteiger partial charge in [-0.05, 0) is 81.3 Å². The van der Waals surface area contributed by atoms with Gasteiger partial charge in [0.15, 0.2) is 11.5 Å². The van der Waals surface area contributed by atoms with Gasteiger partial charge >= 0.3 is 13.6 Å². The number of rotatable bonds is 18. The molecule has 2 heterocycles. The molecule has 5 rings (SSSR count). The second-order valence-electron chi connectivity index (χ2n) is 11.1. The van der Waals surface area contributed by atoms with Crippen molar-refractivity contribution < 1.29 is 41.8 Å². The Balaban J connectivity index is 1.27. The predicted molar refractivity (Wildman–Crippen MR) is 192 cm³/mol. The number of benzene rings is 3. The lowest BCUT2D eigenvalue weighted by Gasteiger charge is -2.13. The zero-order chi connectivity index (χ0) is 36.2. The molecule has 12 nitrogen and oxygen atoms in total. The molecule has 0 aliphatic heterocycles. The normalized spacial score (nSPS) is 11.5. The summed E-state index contributed by atoms with van der Waals surface area (Å²) in [5.74, 6) is 3.61. The number of carbonyl (C=O) groups is 1. The Bertz CT molecular complexity index is 1960. The summed E-state index contributed by atoms with van der Waals surface area (Å²) in [5.41, 5.74) is 4.51. The number of esters is 1. The summed E-state index contributed by atoms with van der Waals surface area (Å²) >= 11 is 0. The summed E-state index contributed by atoms with van der Waals surface area (Å²) < 4.78 is 54.5. The average Bonchev–Trinajstić information content (AvgIpc) is 3.73. The molecule has 0 unspecified atom stereocenters.